The van der Waals surface area contributed by atoms with Crippen molar-refractivity contribution < 1.29 is 14.3 Å². The number of nitrogens with one attached hydrogen (secondary N) is 1. The summed E-state index contributed by atoms with van der Waals surface area (Å²) < 4.78 is 7.14. The Bertz CT molecular complexity index is 1230. The number of hydrogen-bond donors (Lipinski definition) is 1. The topological polar surface area (TPSA) is 72.7 Å². The van der Waals surface area contributed by atoms with Crippen molar-refractivity contribution in [2.45, 2.75) is 20.3 Å². The van der Waals surface area contributed by atoms with E-state index in [1.165, 1.54) is 11.3 Å². The van der Waals surface area contributed by atoms with Crippen LogP contribution in [0.15, 0.2) is 54.9 Å². The number of rotatable bonds is 6. The Morgan fingerprint density at radius 1 is 1.19 bits per heavy atom. The van der Waals surface area contributed by atoms with E-state index in [1.54, 1.807) is 19.1 Å². The lowest BCUT2D eigenvalue weighted by Crippen LogP contribution is -2.16. The molecule has 3 aromatic heterocycles. The minimum absolute atomic E-state index is 0.0944. The SMILES string of the molecule is CCOC(=O)c1c(NC(=O)Cc2cn3ccccc3n2)sc(C)c1-c1ccc(Cl)cc1. The zero-order valence-electron chi connectivity index (χ0n) is 17.0. The highest BCUT2D eigenvalue weighted by molar-refractivity contribution is 7.17. The number of esters is 1. The highest BCUT2D eigenvalue weighted by atomic mass is 35.5. The molecule has 0 aliphatic rings. The van der Waals surface area contributed by atoms with Crippen LogP contribution in [0.3, 0.4) is 0 Å². The number of aromatic nitrogens is 2. The number of imidazole rings is 1. The Kier molecular flexibility index (Phi) is 6.06. The second-order valence-corrected chi connectivity index (χ2v) is 8.55. The molecule has 0 unspecified atom stereocenters. The zero-order valence-corrected chi connectivity index (χ0v) is 18.6. The molecule has 1 amide bonds. The summed E-state index contributed by atoms with van der Waals surface area (Å²) in [6, 6.07) is 12.9. The maximum Gasteiger partial charge on any atom is 0.341 e. The van der Waals surface area contributed by atoms with Gasteiger partial charge in [-0.3, -0.25) is 4.79 Å². The molecule has 3 heterocycles. The second-order valence-electron chi connectivity index (χ2n) is 6.89. The number of halogens is 1. The van der Waals surface area contributed by atoms with Gasteiger partial charge in [0.15, 0.2) is 0 Å². The molecular weight excluding hydrogens is 434 g/mol. The number of carbonyl (C=O) groups is 2. The molecule has 0 atom stereocenters. The lowest BCUT2D eigenvalue weighted by molar-refractivity contribution is -0.115. The number of anilines is 1. The van der Waals surface area contributed by atoms with Crippen LogP contribution in [-0.4, -0.2) is 27.9 Å². The summed E-state index contributed by atoms with van der Waals surface area (Å²) in [6.07, 6.45) is 3.79. The molecule has 0 saturated heterocycles. The smallest absolute Gasteiger partial charge is 0.341 e. The number of hydrogen-bond acceptors (Lipinski definition) is 5. The average Bonchev–Trinajstić information content (AvgIpc) is 3.28. The van der Waals surface area contributed by atoms with Crippen LogP contribution in [0, 0.1) is 6.92 Å². The van der Waals surface area contributed by atoms with Crippen LogP contribution in [0.25, 0.3) is 16.8 Å². The van der Waals surface area contributed by atoms with E-state index >= 15 is 0 Å². The molecule has 0 fully saturated rings. The monoisotopic (exact) mass is 453 g/mol. The van der Waals surface area contributed by atoms with Gasteiger partial charge in [-0.15, -0.1) is 11.3 Å². The van der Waals surface area contributed by atoms with E-state index in [2.05, 4.69) is 10.3 Å². The lowest BCUT2D eigenvalue weighted by Gasteiger charge is -2.09. The van der Waals surface area contributed by atoms with Crippen molar-refractivity contribution in [3.8, 4) is 11.1 Å². The molecule has 1 aromatic carbocycles. The molecule has 4 aromatic rings. The number of ether oxygens (including phenoxy) is 1. The first kappa shape index (κ1) is 21.1. The van der Waals surface area contributed by atoms with Gasteiger partial charge >= 0.3 is 5.97 Å². The van der Waals surface area contributed by atoms with Crippen molar-refractivity contribution in [1.82, 2.24) is 9.38 Å². The van der Waals surface area contributed by atoms with Crippen molar-refractivity contribution in [2.75, 3.05) is 11.9 Å². The standard InChI is InChI=1S/C23H20ClN3O3S/c1-3-30-23(29)21-20(15-7-9-16(24)10-8-15)14(2)31-22(21)26-19(28)12-17-13-27-11-5-4-6-18(27)25-17/h4-11,13H,3,12H2,1-2H3,(H,26,28). The molecule has 0 saturated carbocycles. The Balaban J connectivity index is 1.65. The van der Waals surface area contributed by atoms with E-state index in [0.29, 0.717) is 21.3 Å². The van der Waals surface area contributed by atoms with Crippen LogP contribution < -0.4 is 5.32 Å². The van der Waals surface area contributed by atoms with Gasteiger partial charge in [-0.1, -0.05) is 29.8 Å². The Morgan fingerprint density at radius 3 is 2.68 bits per heavy atom. The molecule has 1 N–H and O–H groups in total. The van der Waals surface area contributed by atoms with Gasteiger partial charge in [0.25, 0.3) is 0 Å². The second kappa shape index (κ2) is 8.91. The molecule has 8 heteroatoms. The fourth-order valence-corrected chi connectivity index (χ4v) is 4.61. The first-order chi connectivity index (χ1) is 15.0. The summed E-state index contributed by atoms with van der Waals surface area (Å²) >= 11 is 7.36. The summed E-state index contributed by atoms with van der Waals surface area (Å²) in [4.78, 5) is 30.9. The normalized spacial score (nSPS) is 10.9. The minimum Gasteiger partial charge on any atom is -0.462 e. The summed E-state index contributed by atoms with van der Waals surface area (Å²) in [6.45, 7) is 3.90. The number of thiophene rings is 1. The third-order valence-corrected chi connectivity index (χ3v) is 5.98. The van der Waals surface area contributed by atoms with E-state index in [9.17, 15) is 9.59 Å². The van der Waals surface area contributed by atoms with E-state index in [4.69, 9.17) is 16.3 Å². The highest BCUT2D eigenvalue weighted by Crippen LogP contribution is 2.40. The molecular formula is C23H20ClN3O3S. The quantitative estimate of drug-likeness (QED) is 0.397. The maximum absolute atomic E-state index is 12.8. The number of nitrogens with zero attached hydrogens (tertiary/aromatic N) is 2. The molecule has 31 heavy (non-hydrogen) atoms. The zero-order chi connectivity index (χ0) is 22.0. The van der Waals surface area contributed by atoms with Crippen LogP contribution in [0.1, 0.15) is 27.9 Å². The van der Waals surface area contributed by atoms with Crippen LogP contribution in [0.5, 0.6) is 0 Å². The van der Waals surface area contributed by atoms with Gasteiger partial charge in [0.1, 0.15) is 16.2 Å². The number of fused-ring (bicyclic) bond motifs is 1. The third kappa shape index (κ3) is 4.47. The van der Waals surface area contributed by atoms with Gasteiger partial charge in [-0.2, -0.15) is 0 Å². The van der Waals surface area contributed by atoms with Gasteiger partial charge < -0.3 is 14.5 Å². The van der Waals surface area contributed by atoms with Crippen LogP contribution >= 0.6 is 22.9 Å². The number of amides is 1. The molecule has 0 aliphatic carbocycles. The van der Waals surface area contributed by atoms with Crippen molar-refractivity contribution in [1.29, 1.82) is 0 Å². The maximum atomic E-state index is 12.8. The largest absolute Gasteiger partial charge is 0.462 e. The predicted molar refractivity (Wildman–Crippen MR) is 123 cm³/mol. The number of benzene rings is 1. The summed E-state index contributed by atoms with van der Waals surface area (Å²) in [5, 5.41) is 3.96. The summed E-state index contributed by atoms with van der Waals surface area (Å²) in [7, 11) is 0. The van der Waals surface area contributed by atoms with Gasteiger partial charge in [0.2, 0.25) is 5.91 Å². The summed E-state index contributed by atoms with van der Waals surface area (Å²) in [5.41, 5.74) is 3.35. The van der Waals surface area contributed by atoms with Crippen LogP contribution in [0.2, 0.25) is 5.02 Å². The molecule has 0 radical (unpaired) electrons. The van der Waals surface area contributed by atoms with E-state index in [0.717, 1.165) is 21.7 Å². The first-order valence-corrected chi connectivity index (χ1v) is 10.9. The molecule has 0 bridgehead atoms. The Labute approximate surface area is 188 Å². The first-order valence-electron chi connectivity index (χ1n) is 9.75. The van der Waals surface area contributed by atoms with Gasteiger partial charge in [0.05, 0.1) is 18.7 Å². The molecule has 0 aliphatic heterocycles. The predicted octanol–water partition coefficient (Wildman–Crippen LogP) is 5.38. The molecule has 0 spiro atoms. The fraction of sp³-hybridized carbons (Fsp3) is 0.174. The van der Waals surface area contributed by atoms with Gasteiger partial charge in [-0.05, 0) is 43.7 Å². The lowest BCUT2D eigenvalue weighted by atomic mass is 10.0. The average molecular weight is 454 g/mol. The van der Waals surface area contributed by atoms with Gasteiger partial charge in [-0.25, -0.2) is 9.78 Å². The van der Waals surface area contributed by atoms with Crippen molar-refractivity contribution in [3.63, 3.8) is 0 Å². The number of carbonyl (C=O) groups excluding carboxylic acids is 2. The third-order valence-electron chi connectivity index (χ3n) is 4.71. The minimum atomic E-state index is -0.472. The van der Waals surface area contributed by atoms with E-state index in [-0.39, 0.29) is 18.9 Å². The molecule has 6 nitrogen and oxygen atoms in total. The summed E-state index contributed by atoms with van der Waals surface area (Å²) in [5.74, 6) is -0.724. The Morgan fingerprint density at radius 2 is 1.97 bits per heavy atom. The number of aryl methyl sites for hydroxylation is 1. The van der Waals surface area contributed by atoms with Crippen molar-refractivity contribution in [3.05, 3.63) is 76.0 Å². The molecule has 4 rings (SSSR count). The number of pyridine rings is 1. The Hall–Kier alpha value is -3.16. The van der Waals surface area contributed by atoms with Crippen LogP contribution in [-0.2, 0) is 16.0 Å². The highest BCUT2D eigenvalue weighted by Gasteiger charge is 2.25. The van der Waals surface area contributed by atoms with Crippen LogP contribution in [0.4, 0.5) is 5.00 Å². The van der Waals surface area contributed by atoms with Gasteiger partial charge in [0, 0.05) is 27.9 Å². The van der Waals surface area contributed by atoms with E-state index in [1.807, 2.05) is 54.0 Å². The van der Waals surface area contributed by atoms with E-state index < -0.39 is 5.97 Å². The van der Waals surface area contributed by atoms with Crippen molar-refractivity contribution >= 4 is 45.5 Å². The van der Waals surface area contributed by atoms with Crippen molar-refractivity contribution in [2.24, 2.45) is 0 Å². The fourth-order valence-electron chi connectivity index (χ4n) is 3.40. The molecule has 158 valence electrons.